The van der Waals surface area contributed by atoms with E-state index >= 15 is 0 Å². The SMILES string of the molecule is CCCCC/C=C\C/C=C\C/C=C\CCCCCCCCC(=O)OCC(COC(=O)CCCCCCCCCCCCCCCC)OC(=O)CCCCCCCCCCC/C=C\C/C=C\CCCCC. The van der Waals surface area contributed by atoms with Gasteiger partial charge in [0.1, 0.15) is 13.2 Å². The lowest BCUT2D eigenvalue weighted by Crippen LogP contribution is -2.30. The molecule has 0 aliphatic heterocycles. The van der Waals surface area contributed by atoms with Gasteiger partial charge in [-0.25, -0.2) is 0 Å². The Morgan fingerprint density at radius 3 is 0.829 bits per heavy atom. The fourth-order valence-corrected chi connectivity index (χ4v) is 8.66. The molecule has 6 nitrogen and oxygen atoms in total. The summed E-state index contributed by atoms with van der Waals surface area (Å²) in [5, 5.41) is 0. The maximum Gasteiger partial charge on any atom is 0.306 e. The Labute approximate surface area is 434 Å². The van der Waals surface area contributed by atoms with Crippen molar-refractivity contribution in [1.29, 1.82) is 0 Å². The molecule has 1 atom stereocenters. The summed E-state index contributed by atoms with van der Waals surface area (Å²) in [7, 11) is 0. The zero-order chi connectivity index (χ0) is 50.7. The number of esters is 3. The molecule has 0 saturated carbocycles. The Hall–Kier alpha value is -2.89. The molecular weight excluding hydrogens is 865 g/mol. The molecule has 0 aliphatic rings. The van der Waals surface area contributed by atoms with Gasteiger partial charge in [0.25, 0.3) is 0 Å². The van der Waals surface area contributed by atoms with Crippen LogP contribution in [0.4, 0.5) is 0 Å². The molecule has 0 bridgehead atoms. The summed E-state index contributed by atoms with van der Waals surface area (Å²) in [6, 6.07) is 0. The van der Waals surface area contributed by atoms with Gasteiger partial charge in [0.05, 0.1) is 0 Å². The van der Waals surface area contributed by atoms with Gasteiger partial charge in [-0.2, -0.15) is 0 Å². The van der Waals surface area contributed by atoms with Crippen LogP contribution in [0.1, 0.15) is 310 Å². The minimum absolute atomic E-state index is 0.0774. The Kier molecular flexibility index (Phi) is 56.3. The molecule has 0 radical (unpaired) electrons. The van der Waals surface area contributed by atoms with E-state index in [9.17, 15) is 14.4 Å². The number of allylic oxidation sites excluding steroid dienone is 10. The van der Waals surface area contributed by atoms with Crippen LogP contribution >= 0.6 is 0 Å². The topological polar surface area (TPSA) is 78.9 Å². The van der Waals surface area contributed by atoms with Gasteiger partial charge in [0.2, 0.25) is 0 Å². The average Bonchev–Trinajstić information content (AvgIpc) is 3.36. The van der Waals surface area contributed by atoms with E-state index in [1.165, 1.54) is 186 Å². The van der Waals surface area contributed by atoms with Gasteiger partial charge in [0, 0.05) is 19.3 Å². The van der Waals surface area contributed by atoms with Crippen molar-refractivity contribution >= 4 is 17.9 Å². The summed E-state index contributed by atoms with van der Waals surface area (Å²) < 4.78 is 16.9. The molecule has 0 N–H and O–H groups in total. The van der Waals surface area contributed by atoms with Crippen molar-refractivity contribution in [3.8, 4) is 0 Å². The molecule has 0 fully saturated rings. The Bertz CT molecular complexity index is 1260. The smallest absolute Gasteiger partial charge is 0.306 e. The van der Waals surface area contributed by atoms with Crippen molar-refractivity contribution in [3.63, 3.8) is 0 Å². The number of hydrogen-bond donors (Lipinski definition) is 0. The molecule has 406 valence electrons. The number of rotatable bonds is 55. The van der Waals surface area contributed by atoms with Crippen LogP contribution in [-0.2, 0) is 28.6 Å². The first-order valence-corrected chi connectivity index (χ1v) is 30.3. The molecule has 0 rings (SSSR count). The molecule has 0 amide bonds. The highest BCUT2D eigenvalue weighted by Gasteiger charge is 2.19. The summed E-state index contributed by atoms with van der Waals surface area (Å²) in [6.45, 7) is 6.61. The summed E-state index contributed by atoms with van der Waals surface area (Å²) in [5.74, 6) is -0.880. The first-order chi connectivity index (χ1) is 34.5. The first kappa shape index (κ1) is 67.1. The quantitative estimate of drug-likeness (QED) is 0.0261. The van der Waals surface area contributed by atoms with Gasteiger partial charge in [-0.3, -0.25) is 14.4 Å². The second-order valence-corrected chi connectivity index (χ2v) is 20.3. The van der Waals surface area contributed by atoms with Crippen molar-refractivity contribution in [1.82, 2.24) is 0 Å². The highest BCUT2D eigenvalue weighted by molar-refractivity contribution is 5.71. The number of unbranched alkanes of at least 4 members (excludes halogenated alkanes) is 34. The zero-order valence-electron chi connectivity index (χ0n) is 46.5. The van der Waals surface area contributed by atoms with Crippen LogP contribution in [0.3, 0.4) is 0 Å². The van der Waals surface area contributed by atoms with E-state index in [2.05, 4.69) is 81.5 Å². The van der Waals surface area contributed by atoms with Crippen molar-refractivity contribution in [2.24, 2.45) is 0 Å². The molecule has 1 unspecified atom stereocenters. The van der Waals surface area contributed by atoms with Crippen LogP contribution < -0.4 is 0 Å². The van der Waals surface area contributed by atoms with Gasteiger partial charge in [-0.15, -0.1) is 0 Å². The van der Waals surface area contributed by atoms with E-state index in [0.717, 1.165) is 83.5 Å². The predicted octanol–water partition coefficient (Wildman–Crippen LogP) is 20.4. The summed E-state index contributed by atoms with van der Waals surface area (Å²) in [6.07, 6.45) is 73.5. The third kappa shape index (κ3) is 56.0. The average molecular weight is 980 g/mol. The summed E-state index contributed by atoms with van der Waals surface area (Å²) in [5.41, 5.74) is 0. The molecule has 0 saturated heterocycles. The zero-order valence-corrected chi connectivity index (χ0v) is 46.5. The number of hydrogen-bond acceptors (Lipinski definition) is 6. The lowest BCUT2D eigenvalue weighted by Gasteiger charge is -2.18. The van der Waals surface area contributed by atoms with Gasteiger partial charge in [-0.05, 0) is 89.9 Å². The molecule has 70 heavy (non-hydrogen) atoms. The minimum Gasteiger partial charge on any atom is -0.462 e. The van der Waals surface area contributed by atoms with Gasteiger partial charge in [0.15, 0.2) is 6.10 Å². The molecular formula is C64H114O6. The second-order valence-electron chi connectivity index (χ2n) is 20.3. The van der Waals surface area contributed by atoms with Crippen molar-refractivity contribution in [3.05, 3.63) is 60.8 Å². The van der Waals surface area contributed by atoms with E-state index in [0.29, 0.717) is 19.3 Å². The van der Waals surface area contributed by atoms with Crippen LogP contribution in [0, 0.1) is 0 Å². The van der Waals surface area contributed by atoms with Crippen LogP contribution in [0.25, 0.3) is 0 Å². The monoisotopic (exact) mass is 979 g/mol. The molecule has 0 aliphatic carbocycles. The van der Waals surface area contributed by atoms with E-state index in [1.807, 2.05) is 0 Å². The number of ether oxygens (including phenoxy) is 3. The molecule has 0 spiro atoms. The number of carbonyl (C=O) groups excluding carboxylic acids is 3. The van der Waals surface area contributed by atoms with Crippen LogP contribution in [0.2, 0.25) is 0 Å². The standard InChI is InChI=1S/C64H114O6/c1-4-7-10-13-16-19-22-25-28-30-32-34-36-39-42-45-48-51-54-57-63(66)69-60-61(59-68-62(65)56-53-50-47-44-41-38-27-24-21-18-15-12-9-6-3)70-64(67)58-55-52-49-46-43-40-37-35-33-31-29-26-23-20-17-14-11-8-5-2/h16-17,19-20,25-26,28-29,32,34,61H,4-15,18,21-24,27,30-31,33,35-60H2,1-3H3/b19-16-,20-17-,28-25-,29-26-,34-32-. The molecule has 0 aromatic carbocycles. The maximum atomic E-state index is 12.9. The molecule has 0 aromatic rings. The normalized spacial score (nSPS) is 12.4. The van der Waals surface area contributed by atoms with Crippen LogP contribution in [0.5, 0.6) is 0 Å². The van der Waals surface area contributed by atoms with E-state index in [1.54, 1.807) is 0 Å². The fraction of sp³-hybridized carbons (Fsp3) is 0.797. The van der Waals surface area contributed by atoms with Crippen molar-refractivity contribution < 1.29 is 28.6 Å². The molecule has 0 heterocycles. The lowest BCUT2D eigenvalue weighted by molar-refractivity contribution is -0.167. The van der Waals surface area contributed by atoms with E-state index in [4.69, 9.17) is 14.2 Å². The highest BCUT2D eigenvalue weighted by Crippen LogP contribution is 2.16. The molecule has 0 aromatic heterocycles. The van der Waals surface area contributed by atoms with Crippen LogP contribution in [-0.4, -0.2) is 37.2 Å². The Balaban J connectivity index is 4.38. The largest absolute Gasteiger partial charge is 0.462 e. The first-order valence-electron chi connectivity index (χ1n) is 30.3. The Morgan fingerprint density at radius 1 is 0.286 bits per heavy atom. The fourth-order valence-electron chi connectivity index (χ4n) is 8.66. The second kappa shape index (κ2) is 58.7. The van der Waals surface area contributed by atoms with Crippen molar-refractivity contribution in [2.75, 3.05) is 13.2 Å². The van der Waals surface area contributed by atoms with Crippen LogP contribution in [0.15, 0.2) is 60.8 Å². The third-order valence-electron chi connectivity index (χ3n) is 13.2. The van der Waals surface area contributed by atoms with Crippen molar-refractivity contribution in [2.45, 2.75) is 316 Å². The Morgan fingerprint density at radius 2 is 0.514 bits per heavy atom. The minimum atomic E-state index is -0.781. The van der Waals surface area contributed by atoms with E-state index in [-0.39, 0.29) is 31.1 Å². The molecule has 6 heteroatoms. The van der Waals surface area contributed by atoms with Gasteiger partial charge < -0.3 is 14.2 Å². The highest BCUT2D eigenvalue weighted by atomic mass is 16.6. The number of carbonyl (C=O) groups is 3. The predicted molar refractivity (Wildman–Crippen MR) is 302 cm³/mol. The third-order valence-corrected chi connectivity index (χ3v) is 13.2. The lowest BCUT2D eigenvalue weighted by atomic mass is 10.0. The summed E-state index contributed by atoms with van der Waals surface area (Å²) in [4.78, 5) is 38.2. The van der Waals surface area contributed by atoms with Gasteiger partial charge >= 0.3 is 17.9 Å². The summed E-state index contributed by atoms with van der Waals surface area (Å²) >= 11 is 0. The van der Waals surface area contributed by atoms with Gasteiger partial charge in [-0.1, -0.05) is 261 Å². The maximum absolute atomic E-state index is 12.9. The van der Waals surface area contributed by atoms with E-state index < -0.39 is 6.10 Å².